The molecule has 7 heteroatoms. The number of nitrogen functional groups attached to an aromatic ring is 1. The summed E-state index contributed by atoms with van der Waals surface area (Å²) in [6.07, 6.45) is 0.757. The first kappa shape index (κ1) is 19.7. The molecule has 116 valence electrons. The molecule has 0 saturated carbocycles. The Morgan fingerprint density at radius 3 is 2.62 bits per heavy atom. The number of hydrogen-bond acceptors (Lipinski definition) is 4. The number of carbonyl (C=O) groups is 1. The maximum atomic E-state index is 11.9. The van der Waals surface area contributed by atoms with E-state index in [-0.39, 0.29) is 30.7 Å². The molecule has 0 fully saturated rings. The molecule has 0 unspecified atom stereocenters. The summed E-state index contributed by atoms with van der Waals surface area (Å²) >= 11 is 1.68. The Balaban J connectivity index is 0.00000200. The summed E-state index contributed by atoms with van der Waals surface area (Å²) in [5.41, 5.74) is 7.90. The fourth-order valence-corrected chi connectivity index (χ4v) is 2.64. The Morgan fingerprint density at radius 1 is 1.33 bits per heavy atom. The standard InChI is InChI=1S/C14H17N3OS.2ClH/c1-9-10(2)19-13(17-9)6-7-16-14(18)11-4-3-5-12(15)8-11;;/h3-5,8H,6-7,15H2,1-2H3,(H,16,18);2*1H. The molecule has 0 bridgehead atoms. The maximum Gasteiger partial charge on any atom is 0.251 e. The molecule has 1 heterocycles. The Kier molecular flexibility index (Phi) is 8.32. The quantitative estimate of drug-likeness (QED) is 0.834. The number of halogens is 2. The number of anilines is 1. The number of nitrogens with two attached hydrogens (primary N) is 1. The fraction of sp³-hybridized carbons (Fsp3) is 0.286. The first-order valence-electron chi connectivity index (χ1n) is 6.13. The minimum absolute atomic E-state index is 0. The van der Waals surface area contributed by atoms with Crippen LogP contribution in [0.5, 0.6) is 0 Å². The van der Waals surface area contributed by atoms with Crippen LogP contribution in [0.2, 0.25) is 0 Å². The van der Waals surface area contributed by atoms with Crippen molar-refractivity contribution in [2.75, 3.05) is 12.3 Å². The molecule has 1 amide bonds. The molecule has 1 aromatic carbocycles. The van der Waals surface area contributed by atoms with Crippen LogP contribution in [-0.4, -0.2) is 17.4 Å². The van der Waals surface area contributed by atoms with E-state index in [1.165, 1.54) is 4.88 Å². The van der Waals surface area contributed by atoms with Crippen molar-refractivity contribution in [2.24, 2.45) is 0 Å². The molecule has 0 aliphatic carbocycles. The highest BCUT2D eigenvalue weighted by atomic mass is 35.5. The van der Waals surface area contributed by atoms with Gasteiger partial charge in [0.25, 0.3) is 5.91 Å². The van der Waals surface area contributed by atoms with Crippen LogP contribution in [0, 0.1) is 13.8 Å². The zero-order chi connectivity index (χ0) is 13.8. The van der Waals surface area contributed by atoms with E-state index in [1.807, 2.05) is 6.92 Å². The first-order chi connectivity index (χ1) is 9.06. The molecule has 0 aliphatic rings. The van der Waals surface area contributed by atoms with Crippen LogP contribution in [0.1, 0.15) is 25.9 Å². The van der Waals surface area contributed by atoms with Gasteiger partial charge in [0.05, 0.1) is 10.7 Å². The van der Waals surface area contributed by atoms with Crippen molar-refractivity contribution in [3.63, 3.8) is 0 Å². The number of benzene rings is 1. The predicted octanol–water partition coefficient (Wildman–Crippen LogP) is 3.16. The second-order valence-corrected chi connectivity index (χ2v) is 5.67. The number of thiazole rings is 1. The zero-order valence-electron chi connectivity index (χ0n) is 11.9. The van der Waals surface area contributed by atoms with E-state index >= 15 is 0 Å². The van der Waals surface area contributed by atoms with Crippen LogP contribution in [0.4, 0.5) is 5.69 Å². The Bertz CT molecular complexity index is 582. The number of aryl methyl sites for hydroxylation is 2. The summed E-state index contributed by atoms with van der Waals surface area (Å²) in [6, 6.07) is 6.96. The highest BCUT2D eigenvalue weighted by Crippen LogP contribution is 2.16. The monoisotopic (exact) mass is 347 g/mol. The topological polar surface area (TPSA) is 68.0 Å². The van der Waals surface area contributed by atoms with E-state index < -0.39 is 0 Å². The summed E-state index contributed by atoms with van der Waals surface area (Å²) in [5, 5.41) is 3.93. The van der Waals surface area contributed by atoms with Crippen molar-refractivity contribution in [3.05, 3.63) is 45.4 Å². The van der Waals surface area contributed by atoms with Crippen molar-refractivity contribution < 1.29 is 4.79 Å². The second kappa shape index (κ2) is 8.87. The molecule has 0 radical (unpaired) electrons. The normalized spacial score (nSPS) is 9.43. The van der Waals surface area contributed by atoms with Gasteiger partial charge in [0.1, 0.15) is 0 Å². The molecule has 1 aromatic heterocycles. The van der Waals surface area contributed by atoms with Gasteiger partial charge in [0, 0.05) is 29.1 Å². The van der Waals surface area contributed by atoms with Crippen LogP contribution in [0.25, 0.3) is 0 Å². The molecular weight excluding hydrogens is 329 g/mol. The minimum Gasteiger partial charge on any atom is -0.399 e. The molecule has 21 heavy (non-hydrogen) atoms. The van der Waals surface area contributed by atoms with Gasteiger partial charge in [-0.25, -0.2) is 4.98 Å². The largest absolute Gasteiger partial charge is 0.399 e. The number of aromatic nitrogens is 1. The van der Waals surface area contributed by atoms with Gasteiger partial charge in [0.2, 0.25) is 0 Å². The molecule has 3 N–H and O–H groups in total. The lowest BCUT2D eigenvalue weighted by Crippen LogP contribution is -2.25. The molecule has 0 atom stereocenters. The predicted molar refractivity (Wildman–Crippen MR) is 93.0 cm³/mol. The van der Waals surface area contributed by atoms with Gasteiger partial charge in [-0.15, -0.1) is 36.2 Å². The summed E-state index contributed by atoms with van der Waals surface area (Å²) in [4.78, 5) is 17.6. The number of carbonyl (C=O) groups excluding carboxylic acids is 1. The van der Waals surface area contributed by atoms with E-state index in [9.17, 15) is 4.79 Å². The second-order valence-electron chi connectivity index (χ2n) is 4.38. The van der Waals surface area contributed by atoms with Crippen LogP contribution in [-0.2, 0) is 6.42 Å². The molecule has 2 aromatic rings. The molecule has 0 aliphatic heterocycles. The van der Waals surface area contributed by atoms with Crippen molar-refractivity contribution >= 4 is 47.7 Å². The van der Waals surface area contributed by atoms with Gasteiger partial charge >= 0.3 is 0 Å². The molecule has 4 nitrogen and oxygen atoms in total. The van der Waals surface area contributed by atoms with E-state index in [1.54, 1.807) is 35.6 Å². The lowest BCUT2D eigenvalue weighted by molar-refractivity contribution is 0.0954. The summed E-state index contributed by atoms with van der Waals surface area (Å²) < 4.78 is 0. The summed E-state index contributed by atoms with van der Waals surface area (Å²) in [7, 11) is 0. The van der Waals surface area contributed by atoms with Gasteiger partial charge in [-0.2, -0.15) is 0 Å². The summed E-state index contributed by atoms with van der Waals surface area (Å²) in [6.45, 7) is 4.64. The Hall–Kier alpha value is -1.30. The van der Waals surface area contributed by atoms with Gasteiger partial charge in [0.15, 0.2) is 0 Å². The SMILES string of the molecule is Cc1nc(CCNC(=O)c2cccc(N)c2)sc1C.Cl.Cl. The average molecular weight is 348 g/mol. The van der Waals surface area contributed by atoms with Gasteiger partial charge in [-0.05, 0) is 32.0 Å². The smallest absolute Gasteiger partial charge is 0.251 e. The van der Waals surface area contributed by atoms with Gasteiger partial charge in [-0.1, -0.05) is 6.07 Å². The number of rotatable bonds is 4. The molecule has 0 saturated heterocycles. The van der Waals surface area contributed by atoms with Gasteiger partial charge in [-0.3, -0.25) is 4.79 Å². The third kappa shape index (κ3) is 5.53. The van der Waals surface area contributed by atoms with Crippen molar-refractivity contribution in [1.82, 2.24) is 10.3 Å². The lowest BCUT2D eigenvalue weighted by atomic mass is 10.2. The fourth-order valence-electron chi connectivity index (χ4n) is 1.71. The van der Waals surface area contributed by atoms with Crippen LogP contribution in [0.3, 0.4) is 0 Å². The molecule has 2 rings (SSSR count). The Labute approximate surface area is 141 Å². The van der Waals surface area contributed by atoms with E-state index in [4.69, 9.17) is 5.73 Å². The minimum atomic E-state index is -0.0997. The molecular formula is C14H19Cl2N3OS. The van der Waals surface area contributed by atoms with Crippen molar-refractivity contribution in [3.8, 4) is 0 Å². The third-order valence-electron chi connectivity index (χ3n) is 2.85. The van der Waals surface area contributed by atoms with Gasteiger partial charge < -0.3 is 11.1 Å². The van der Waals surface area contributed by atoms with E-state index in [0.717, 1.165) is 17.1 Å². The van der Waals surface area contributed by atoms with Crippen LogP contribution >= 0.6 is 36.2 Å². The maximum absolute atomic E-state index is 11.9. The van der Waals surface area contributed by atoms with Crippen LogP contribution < -0.4 is 11.1 Å². The number of nitrogens with zero attached hydrogens (tertiary/aromatic N) is 1. The highest BCUT2D eigenvalue weighted by molar-refractivity contribution is 7.11. The van der Waals surface area contributed by atoms with Crippen molar-refractivity contribution in [2.45, 2.75) is 20.3 Å². The number of hydrogen-bond donors (Lipinski definition) is 2. The number of nitrogens with one attached hydrogen (secondary N) is 1. The zero-order valence-corrected chi connectivity index (χ0v) is 14.3. The Morgan fingerprint density at radius 2 is 2.05 bits per heavy atom. The highest BCUT2D eigenvalue weighted by Gasteiger charge is 2.07. The third-order valence-corrected chi connectivity index (χ3v) is 3.98. The summed E-state index contributed by atoms with van der Waals surface area (Å²) in [5.74, 6) is -0.0997. The molecule has 0 spiro atoms. The lowest BCUT2D eigenvalue weighted by Gasteiger charge is -2.04. The van der Waals surface area contributed by atoms with Crippen molar-refractivity contribution in [1.29, 1.82) is 0 Å². The van der Waals surface area contributed by atoms with E-state index in [0.29, 0.717) is 17.8 Å². The van der Waals surface area contributed by atoms with E-state index in [2.05, 4.69) is 17.2 Å². The van der Waals surface area contributed by atoms with Crippen LogP contribution in [0.15, 0.2) is 24.3 Å². The first-order valence-corrected chi connectivity index (χ1v) is 6.94. The average Bonchev–Trinajstić information content (AvgIpc) is 2.68. The number of amides is 1.